The molecule has 6 rings (SSSR count). The number of carbonyl (C=O) groups is 3. The molecular formula is C53H67BrN11NaO7. The summed E-state index contributed by atoms with van der Waals surface area (Å²) >= 11 is 2.99. The van der Waals surface area contributed by atoms with Crippen LogP contribution in [0.1, 0.15) is 68.8 Å². The minimum atomic E-state index is -0.356. The van der Waals surface area contributed by atoms with Crippen molar-refractivity contribution >= 4 is 34.3 Å². The normalized spacial score (nSPS) is 10.2. The van der Waals surface area contributed by atoms with Gasteiger partial charge in [-0.2, -0.15) is 5.26 Å². The van der Waals surface area contributed by atoms with Gasteiger partial charge in [0, 0.05) is 110 Å². The molecule has 0 saturated carbocycles. The number of ether oxygens (including phenoxy) is 2. The molecule has 6 heterocycles. The summed E-state index contributed by atoms with van der Waals surface area (Å²) in [7, 11) is 0. The van der Waals surface area contributed by atoms with Gasteiger partial charge in [0.1, 0.15) is 10.9 Å². The molecule has 384 valence electrons. The molecule has 0 aliphatic heterocycles. The van der Waals surface area contributed by atoms with Crippen molar-refractivity contribution in [1.29, 1.82) is 5.26 Å². The SMILES string of the molecule is CC#N.CC(C)(C)OC(=O)CBr.CCOC(=O)CN(CCN(Cc1ccccn1)Cc1ccccn1)Cc1ccccn1.O=CO[O-].[Na+].c1ccc(CNCCN(Cc2ccccn2)Cc2ccccn2)nc1. The number of nitriles is 1. The van der Waals surface area contributed by atoms with Crippen LogP contribution in [0.15, 0.2) is 146 Å². The smallest absolute Gasteiger partial charge is 0.662 e. The second-order valence-electron chi connectivity index (χ2n) is 16.2. The molecule has 0 bridgehead atoms. The Kier molecular flexibility index (Phi) is 37.0. The first kappa shape index (κ1) is 65.1. The number of halogens is 1. The summed E-state index contributed by atoms with van der Waals surface area (Å²) in [5.41, 5.74) is 5.77. The molecule has 1 N–H and O–H groups in total. The van der Waals surface area contributed by atoms with Crippen molar-refractivity contribution in [2.45, 2.75) is 79.5 Å². The first-order valence-corrected chi connectivity index (χ1v) is 24.3. The Labute approximate surface area is 461 Å². The maximum Gasteiger partial charge on any atom is 1.00 e. The summed E-state index contributed by atoms with van der Waals surface area (Å²) in [5.74, 6) is -0.443. The minimum Gasteiger partial charge on any atom is -0.662 e. The fourth-order valence-corrected chi connectivity index (χ4v) is 6.36. The van der Waals surface area contributed by atoms with Crippen LogP contribution in [0, 0.1) is 11.3 Å². The topological polar surface area (TPSA) is 225 Å². The van der Waals surface area contributed by atoms with E-state index in [0.717, 1.165) is 73.4 Å². The van der Waals surface area contributed by atoms with Gasteiger partial charge >= 0.3 is 41.5 Å². The number of esters is 2. The number of alkyl halides is 1. The maximum absolute atomic E-state index is 12.2. The number of hydrogen-bond acceptors (Lipinski definition) is 18. The average molecular weight is 1070 g/mol. The van der Waals surface area contributed by atoms with E-state index in [-0.39, 0.29) is 65.4 Å². The van der Waals surface area contributed by atoms with Crippen LogP contribution in [-0.2, 0) is 68.0 Å². The van der Waals surface area contributed by atoms with E-state index >= 15 is 0 Å². The van der Waals surface area contributed by atoms with Gasteiger partial charge in [0.25, 0.3) is 6.47 Å². The molecule has 20 heteroatoms. The van der Waals surface area contributed by atoms with Gasteiger partial charge in [-0.05, 0) is 100 Å². The van der Waals surface area contributed by atoms with E-state index in [1.807, 2.05) is 156 Å². The monoisotopic (exact) mass is 1070 g/mol. The van der Waals surface area contributed by atoms with Gasteiger partial charge in [-0.3, -0.25) is 59.0 Å². The number of hydrogen-bond donors (Lipinski definition) is 1. The van der Waals surface area contributed by atoms with Gasteiger partial charge in [0.05, 0.1) is 53.4 Å². The van der Waals surface area contributed by atoms with E-state index in [1.54, 1.807) is 12.3 Å². The van der Waals surface area contributed by atoms with Gasteiger partial charge in [-0.1, -0.05) is 52.3 Å². The van der Waals surface area contributed by atoms with Gasteiger partial charge in [0.2, 0.25) is 0 Å². The van der Waals surface area contributed by atoms with Crippen LogP contribution < -0.4 is 40.1 Å². The third kappa shape index (κ3) is 34.2. The predicted octanol–water partition coefficient (Wildman–Crippen LogP) is 3.29. The van der Waals surface area contributed by atoms with Crippen molar-refractivity contribution in [3.63, 3.8) is 0 Å². The number of aromatic nitrogens is 6. The van der Waals surface area contributed by atoms with Crippen LogP contribution in [0.5, 0.6) is 0 Å². The van der Waals surface area contributed by atoms with Gasteiger partial charge in [0.15, 0.2) is 0 Å². The largest absolute Gasteiger partial charge is 1.00 e. The van der Waals surface area contributed by atoms with Gasteiger partial charge < -0.3 is 24.9 Å². The van der Waals surface area contributed by atoms with E-state index in [0.29, 0.717) is 32.8 Å². The Morgan fingerprint density at radius 3 is 1.25 bits per heavy atom. The van der Waals surface area contributed by atoms with Crippen molar-refractivity contribution in [1.82, 2.24) is 49.9 Å². The van der Waals surface area contributed by atoms with E-state index in [4.69, 9.17) is 24.8 Å². The standard InChI is InChI=1S/C24H29N5O2.C20H23N5.C6H11BrO2.C2H3N.CH2O3.Na/c1-2-31-24(30)20-29(19-23-11-5-8-14-27-23)16-15-28(17-21-9-3-6-12-25-21)18-22-10-4-7-13-26-22;1-4-10-22-18(7-1)15-21-13-14-25(16-19-8-2-5-11-23-19)17-20-9-3-6-12-24-20;1-6(2,3)9-5(8)4-7;1-2-3;2-1-4-3;/h3-14H,2,15-20H2,1H3;1-12,21H,13-17H2;4H2,1-3H3;1H3;1,3H;/q;;;;;+1/p-1. The zero-order valence-corrected chi connectivity index (χ0v) is 46.4. The molecule has 0 atom stereocenters. The summed E-state index contributed by atoms with van der Waals surface area (Å²) in [4.78, 5) is 67.2. The molecular weight excluding hydrogens is 1010 g/mol. The summed E-state index contributed by atoms with van der Waals surface area (Å²) in [6.07, 6.45) is 10.9. The maximum atomic E-state index is 12.2. The summed E-state index contributed by atoms with van der Waals surface area (Å²) in [6, 6.07) is 37.5. The Bertz CT molecular complexity index is 2250. The first-order valence-electron chi connectivity index (χ1n) is 23.1. The van der Waals surface area contributed by atoms with Gasteiger partial charge in [-0.15, -0.1) is 0 Å². The number of nitrogens with zero attached hydrogens (tertiary/aromatic N) is 10. The van der Waals surface area contributed by atoms with Crippen molar-refractivity contribution in [3.8, 4) is 6.07 Å². The van der Waals surface area contributed by atoms with E-state index in [1.165, 1.54) is 6.92 Å². The molecule has 0 saturated heterocycles. The number of pyridine rings is 6. The summed E-state index contributed by atoms with van der Waals surface area (Å²) in [6.45, 7) is 16.8. The fourth-order valence-electron chi connectivity index (χ4n) is 6.24. The second-order valence-corrected chi connectivity index (χ2v) is 16.7. The van der Waals surface area contributed by atoms with Gasteiger partial charge in [-0.25, -0.2) is 0 Å². The fraction of sp³-hybridized carbons (Fsp3) is 0.358. The second kappa shape index (κ2) is 41.5. The molecule has 0 radical (unpaired) electrons. The summed E-state index contributed by atoms with van der Waals surface area (Å²) in [5, 5.41) is 19.5. The molecule has 6 aromatic rings. The molecule has 0 unspecified atom stereocenters. The molecule has 0 aromatic carbocycles. The quantitative estimate of drug-likeness (QED) is 0.0185. The number of rotatable bonds is 23. The zero-order chi connectivity index (χ0) is 52.5. The molecule has 0 fully saturated rings. The molecule has 18 nitrogen and oxygen atoms in total. The molecule has 0 aliphatic rings. The van der Waals surface area contributed by atoms with Crippen LogP contribution in [0.2, 0.25) is 0 Å². The Morgan fingerprint density at radius 1 is 0.630 bits per heavy atom. The van der Waals surface area contributed by atoms with Crippen molar-refractivity contribution in [2.24, 2.45) is 0 Å². The van der Waals surface area contributed by atoms with Crippen molar-refractivity contribution in [3.05, 3.63) is 181 Å². The van der Waals surface area contributed by atoms with E-state index in [2.05, 4.69) is 82.9 Å². The minimum absolute atomic E-state index is 0. The van der Waals surface area contributed by atoms with Crippen LogP contribution in [0.25, 0.3) is 0 Å². The molecule has 6 aromatic heterocycles. The Morgan fingerprint density at radius 2 is 0.959 bits per heavy atom. The average Bonchev–Trinajstić information content (AvgIpc) is 3.39. The molecule has 73 heavy (non-hydrogen) atoms. The molecule has 0 spiro atoms. The third-order valence-electron chi connectivity index (χ3n) is 9.15. The number of carbonyl (C=O) groups excluding carboxylic acids is 3. The van der Waals surface area contributed by atoms with Crippen LogP contribution in [0.3, 0.4) is 0 Å². The Balaban J connectivity index is 0.000000564. The molecule has 0 amide bonds. The van der Waals surface area contributed by atoms with Crippen LogP contribution in [0.4, 0.5) is 0 Å². The van der Waals surface area contributed by atoms with Crippen molar-refractivity contribution in [2.75, 3.05) is 44.7 Å². The molecule has 0 aliphatic carbocycles. The van der Waals surface area contributed by atoms with Crippen molar-refractivity contribution < 1.29 is 63.6 Å². The number of nitrogens with one attached hydrogen (secondary N) is 1. The van der Waals surface area contributed by atoms with E-state index < -0.39 is 0 Å². The Hall–Kier alpha value is -5.92. The summed E-state index contributed by atoms with van der Waals surface area (Å²) < 4.78 is 10.1. The van der Waals surface area contributed by atoms with Crippen LogP contribution in [-0.4, -0.2) is 113 Å². The zero-order valence-electron chi connectivity index (χ0n) is 42.8. The first-order chi connectivity index (χ1) is 34.9. The van der Waals surface area contributed by atoms with Crippen LogP contribution >= 0.6 is 15.9 Å². The third-order valence-corrected chi connectivity index (χ3v) is 9.61. The van der Waals surface area contributed by atoms with E-state index in [9.17, 15) is 9.59 Å². The predicted molar refractivity (Wildman–Crippen MR) is 275 cm³/mol.